The monoisotopic (exact) mass is 306 g/mol. The highest BCUT2D eigenvalue weighted by molar-refractivity contribution is 5.67. The number of methoxy groups -OCH3 is 2. The van der Waals surface area contributed by atoms with E-state index in [1.54, 1.807) is 7.11 Å². The van der Waals surface area contributed by atoms with Crippen molar-refractivity contribution in [3.05, 3.63) is 0 Å². The predicted octanol–water partition coefficient (Wildman–Crippen LogP) is 0.294. The Bertz CT molecular complexity index is 310. The van der Waals surface area contributed by atoms with Gasteiger partial charge >= 0.3 is 5.97 Å². The number of carboxylic acids is 1. The van der Waals surface area contributed by atoms with Crippen LogP contribution in [0, 0.1) is 5.92 Å². The van der Waals surface area contributed by atoms with E-state index in [0.29, 0.717) is 6.61 Å². The lowest BCUT2D eigenvalue weighted by atomic mass is 9.84. The smallest absolute Gasteiger partial charge is 0.329 e. The molecule has 7 nitrogen and oxygen atoms in total. The van der Waals surface area contributed by atoms with Gasteiger partial charge in [0.15, 0.2) is 0 Å². The summed E-state index contributed by atoms with van der Waals surface area (Å²) in [6.07, 6.45) is -0.292. The molecule has 0 saturated carbocycles. The molecular weight excluding hydrogens is 280 g/mol. The fourth-order valence-electron chi connectivity index (χ4n) is 2.79. The van der Waals surface area contributed by atoms with Crippen LogP contribution in [0.15, 0.2) is 0 Å². The minimum absolute atomic E-state index is 0.130. The lowest BCUT2D eigenvalue weighted by Crippen LogP contribution is -2.57. The Labute approximate surface area is 125 Å². The van der Waals surface area contributed by atoms with Crippen LogP contribution in [0.1, 0.15) is 19.8 Å². The Kier molecular flexibility index (Phi) is 8.13. The van der Waals surface area contributed by atoms with Crippen LogP contribution in [-0.2, 0) is 23.7 Å². The van der Waals surface area contributed by atoms with Gasteiger partial charge in [-0.05, 0) is 6.42 Å². The lowest BCUT2D eigenvalue weighted by Gasteiger charge is -2.44. The van der Waals surface area contributed by atoms with Gasteiger partial charge in [-0.1, -0.05) is 13.3 Å². The fraction of sp³-hybridized carbons (Fsp3) is 0.929. The third-order valence-corrected chi connectivity index (χ3v) is 3.70. The third kappa shape index (κ3) is 5.19. The highest BCUT2D eigenvalue weighted by Gasteiger charge is 2.44. The summed E-state index contributed by atoms with van der Waals surface area (Å²) in [5.41, 5.74) is 0. The maximum Gasteiger partial charge on any atom is 0.329 e. The first-order chi connectivity index (χ1) is 10.0. The molecule has 2 N–H and O–H groups in total. The Morgan fingerprint density at radius 2 is 1.95 bits per heavy atom. The van der Waals surface area contributed by atoms with Crippen LogP contribution in [0.4, 0.5) is 0 Å². The Morgan fingerprint density at radius 3 is 2.48 bits per heavy atom. The molecule has 1 saturated heterocycles. The predicted molar refractivity (Wildman–Crippen MR) is 74.2 cm³/mol. The van der Waals surface area contributed by atoms with Crippen molar-refractivity contribution < 1.29 is 34.0 Å². The van der Waals surface area contributed by atoms with Crippen LogP contribution in [0.25, 0.3) is 0 Å². The number of ether oxygens (including phenoxy) is 4. The number of aliphatic hydroxyl groups is 1. The van der Waals surface area contributed by atoms with Crippen LogP contribution in [0.3, 0.4) is 0 Å². The first kappa shape index (κ1) is 18.3. The molecule has 0 bridgehead atoms. The molecule has 0 aromatic rings. The summed E-state index contributed by atoms with van der Waals surface area (Å²) in [6, 6.07) is 0. The van der Waals surface area contributed by atoms with Crippen molar-refractivity contribution in [3.8, 4) is 0 Å². The van der Waals surface area contributed by atoms with Gasteiger partial charge in [-0.3, -0.25) is 0 Å². The van der Waals surface area contributed by atoms with Crippen molar-refractivity contribution >= 4 is 5.97 Å². The summed E-state index contributed by atoms with van der Waals surface area (Å²) in [4.78, 5) is 10.5. The number of rotatable bonds is 9. The molecule has 1 fully saturated rings. The van der Waals surface area contributed by atoms with E-state index in [1.807, 2.05) is 6.92 Å². The summed E-state index contributed by atoms with van der Waals surface area (Å²) < 4.78 is 21.5. The van der Waals surface area contributed by atoms with Crippen LogP contribution in [-0.4, -0.2) is 74.6 Å². The maximum atomic E-state index is 10.5. The van der Waals surface area contributed by atoms with Gasteiger partial charge in [-0.15, -0.1) is 0 Å². The van der Waals surface area contributed by atoms with E-state index in [0.717, 1.165) is 12.8 Å². The number of carbonyl (C=O) groups is 1. The first-order valence-electron chi connectivity index (χ1n) is 7.19. The van der Waals surface area contributed by atoms with Crippen molar-refractivity contribution in [2.75, 3.05) is 34.0 Å². The number of aliphatic hydroxyl groups excluding tert-OH is 1. The van der Waals surface area contributed by atoms with E-state index >= 15 is 0 Å². The molecule has 21 heavy (non-hydrogen) atoms. The van der Waals surface area contributed by atoms with Gasteiger partial charge < -0.3 is 29.2 Å². The van der Waals surface area contributed by atoms with E-state index in [4.69, 9.17) is 24.1 Å². The van der Waals surface area contributed by atoms with Gasteiger partial charge in [0, 0.05) is 20.1 Å². The molecule has 124 valence electrons. The van der Waals surface area contributed by atoms with E-state index in [1.165, 1.54) is 7.11 Å². The zero-order valence-corrected chi connectivity index (χ0v) is 12.9. The van der Waals surface area contributed by atoms with Crippen LogP contribution < -0.4 is 0 Å². The number of hydrogen-bond acceptors (Lipinski definition) is 6. The van der Waals surface area contributed by atoms with Gasteiger partial charge in [-0.2, -0.15) is 0 Å². The van der Waals surface area contributed by atoms with Gasteiger partial charge in [0.1, 0.15) is 18.8 Å². The summed E-state index contributed by atoms with van der Waals surface area (Å²) in [6.45, 7) is 2.07. The quantitative estimate of drug-likeness (QED) is 0.632. The largest absolute Gasteiger partial charge is 0.480 e. The van der Waals surface area contributed by atoms with Gasteiger partial charge in [0.25, 0.3) is 0 Å². The topological polar surface area (TPSA) is 94.5 Å². The van der Waals surface area contributed by atoms with Gasteiger partial charge in [-0.25, -0.2) is 4.79 Å². The molecule has 1 aliphatic rings. The lowest BCUT2D eigenvalue weighted by molar-refractivity contribution is -0.230. The molecule has 1 rings (SSSR count). The Balaban J connectivity index is 2.73. The molecule has 0 spiro atoms. The molecule has 1 aliphatic heterocycles. The zero-order valence-electron chi connectivity index (χ0n) is 12.9. The standard InChI is InChI=1S/C14H26O7/c1-4-5-9-10(7-20-8-12(15)16)21-11(6-18-2)14(19-3)13(9)17/h9-11,13-14,17H,4-8H2,1-3H3,(H,15,16). The molecule has 0 aromatic carbocycles. The number of aliphatic carboxylic acids is 1. The summed E-state index contributed by atoms with van der Waals surface area (Å²) in [5.74, 6) is -1.18. The zero-order chi connectivity index (χ0) is 15.8. The normalized spacial score (nSPS) is 33.0. The SMILES string of the molecule is CCCC1C(COCC(=O)O)OC(COC)C(OC)C1O. The summed E-state index contributed by atoms with van der Waals surface area (Å²) >= 11 is 0. The molecule has 0 radical (unpaired) electrons. The summed E-state index contributed by atoms with van der Waals surface area (Å²) in [5, 5.41) is 19.1. The molecule has 5 atom stereocenters. The molecule has 7 heteroatoms. The van der Waals surface area contributed by atoms with Crippen molar-refractivity contribution in [1.29, 1.82) is 0 Å². The second-order valence-corrected chi connectivity index (χ2v) is 5.22. The van der Waals surface area contributed by atoms with Crippen molar-refractivity contribution in [2.24, 2.45) is 5.92 Å². The van der Waals surface area contributed by atoms with Crippen LogP contribution >= 0.6 is 0 Å². The molecule has 1 heterocycles. The van der Waals surface area contributed by atoms with Gasteiger partial charge in [0.05, 0.1) is 25.4 Å². The van der Waals surface area contributed by atoms with E-state index in [9.17, 15) is 9.90 Å². The summed E-state index contributed by atoms with van der Waals surface area (Å²) in [7, 11) is 3.08. The van der Waals surface area contributed by atoms with Crippen molar-refractivity contribution in [1.82, 2.24) is 0 Å². The second kappa shape index (κ2) is 9.32. The molecule has 0 aliphatic carbocycles. The van der Waals surface area contributed by atoms with Crippen molar-refractivity contribution in [3.63, 3.8) is 0 Å². The molecular formula is C14H26O7. The minimum Gasteiger partial charge on any atom is -0.480 e. The minimum atomic E-state index is -1.03. The first-order valence-corrected chi connectivity index (χ1v) is 7.19. The maximum absolute atomic E-state index is 10.5. The fourth-order valence-corrected chi connectivity index (χ4v) is 2.79. The average Bonchev–Trinajstić information content (AvgIpc) is 2.43. The van der Waals surface area contributed by atoms with Gasteiger partial charge in [0.2, 0.25) is 0 Å². The molecule has 5 unspecified atom stereocenters. The molecule has 0 aromatic heterocycles. The van der Waals surface area contributed by atoms with E-state index in [-0.39, 0.29) is 25.2 Å². The Hall–Kier alpha value is -0.730. The van der Waals surface area contributed by atoms with E-state index in [2.05, 4.69) is 0 Å². The average molecular weight is 306 g/mol. The highest BCUT2D eigenvalue weighted by atomic mass is 16.6. The highest BCUT2D eigenvalue weighted by Crippen LogP contribution is 2.31. The second-order valence-electron chi connectivity index (χ2n) is 5.22. The number of hydrogen-bond donors (Lipinski definition) is 2. The van der Waals surface area contributed by atoms with Crippen LogP contribution in [0.5, 0.6) is 0 Å². The molecule has 0 amide bonds. The van der Waals surface area contributed by atoms with Crippen LogP contribution in [0.2, 0.25) is 0 Å². The van der Waals surface area contributed by atoms with Crippen molar-refractivity contribution in [2.45, 2.75) is 44.2 Å². The third-order valence-electron chi connectivity index (χ3n) is 3.70. The number of carboxylic acid groups (broad SMARTS) is 1. The van der Waals surface area contributed by atoms with E-state index < -0.39 is 24.3 Å². The Morgan fingerprint density at radius 1 is 1.24 bits per heavy atom.